The lowest BCUT2D eigenvalue weighted by molar-refractivity contribution is 0.191. The number of nitrogens with zero attached hydrogens (tertiary/aromatic N) is 6. The summed E-state index contributed by atoms with van der Waals surface area (Å²) in [5.74, 6) is 0.438. The number of rotatable bonds is 4. The molecule has 1 atom stereocenters. The Balaban J connectivity index is 1.47. The van der Waals surface area contributed by atoms with E-state index in [4.69, 9.17) is 16.7 Å². The maximum absolute atomic E-state index is 12.9. The van der Waals surface area contributed by atoms with Gasteiger partial charge in [-0.3, -0.25) is 4.90 Å². The smallest absolute Gasteiger partial charge is 0.324 e. The average molecular weight is 389 g/mol. The summed E-state index contributed by atoms with van der Waals surface area (Å²) in [5.41, 5.74) is 1.19. The summed E-state index contributed by atoms with van der Waals surface area (Å²) in [4.78, 5) is 23.0. The van der Waals surface area contributed by atoms with Crippen LogP contribution in [0.1, 0.15) is 18.5 Å². The van der Waals surface area contributed by atoms with Crippen molar-refractivity contribution < 1.29 is 9.90 Å². The number of para-hydroxylation sites is 1. The summed E-state index contributed by atoms with van der Waals surface area (Å²) in [6.07, 6.45) is 1.88. The molecule has 9 heteroatoms. The lowest BCUT2D eigenvalue weighted by Crippen LogP contribution is -2.50. The van der Waals surface area contributed by atoms with Crippen LogP contribution in [0, 0.1) is 0 Å². The number of benzene rings is 1. The number of carbonyl (C=O) groups excluding carboxylic acids is 1. The number of aromatic nitrogens is 3. The van der Waals surface area contributed by atoms with Gasteiger partial charge < -0.3 is 14.9 Å². The molecule has 2 amide bonds. The van der Waals surface area contributed by atoms with Crippen LogP contribution >= 0.6 is 11.6 Å². The fraction of sp³-hybridized carbons (Fsp3) is 0.444. The lowest BCUT2D eigenvalue weighted by Gasteiger charge is -2.37. The number of amides is 2. The van der Waals surface area contributed by atoms with Gasteiger partial charge in [0.2, 0.25) is 5.95 Å². The molecule has 0 saturated carbocycles. The number of anilines is 2. The van der Waals surface area contributed by atoms with E-state index >= 15 is 0 Å². The van der Waals surface area contributed by atoms with Gasteiger partial charge >= 0.3 is 6.03 Å². The summed E-state index contributed by atoms with van der Waals surface area (Å²) < 4.78 is 0. The van der Waals surface area contributed by atoms with Gasteiger partial charge in [-0.25, -0.2) is 4.79 Å². The number of carbonyl (C=O) groups is 1. The summed E-state index contributed by atoms with van der Waals surface area (Å²) in [7, 11) is 0. The minimum absolute atomic E-state index is 0.0424. The lowest BCUT2D eigenvalue weighted by atomic mass is 10.0. The maximum Gasteiger partial charge on any atom is 0.324 e. The van der Waals surface area contributed by atoms with E-state index in [9.17, 15) is 4.79 Å². The Morgan fingerprint density at radius 2 is 1.96 bits per heavy atom. The molecule has 1 aromatic heterocycles. The van der Waals surface area contributed by atoms with E-state index in [1.54, 1.807) is 0 Å². The highest BCUT2D eigenvalue weighted by atomic mass is 35.5. The fourth-order valence-electron chi connectivity index (χ4n) is 3.68. The molecule has 0 bridgehead atoms. The summed E-state index contributed by atoms with van der Waals surface area (Å²) in [5, 5.41) is 17.3. The Bertz CT molecular complexity index is 821. The Morgan fingerprint density at radius 3 is 2.70 bits per heavy atom. The number of hydrogen-bond donors (Lipinski definition) is 1. The highest BCUT2D eigenvalue weighted by Gasteiger charge is 2.37. The van der Waals surface area contributed by atoms with Crippen molar-refractivity contribution in [1.29, 1.82) is 0 Å². The van der Waals surface area contributed by atoms with Gasteiger partial charge in [-0.2, -0.15) is 4.98 Å². The standard InChI is InChI=1S/C18H21ClN6O2/c19-16-15(12-26)21-22-17(20-16)23-8-4-7-14(11-23)25-10-9-24(18(25)27)13-5-2-1-3-6-13/h1-3,5-6,14,26H,4,7-12H2. The molecule has 0 aliphatic carbocycles. The Labute approximate surface area is 162 Å². The predicted molar refractivity (Wildman–Crippen MR) is 102 cm³/mol. The van der Waals surface area contributed by atoms with Crippen molar-refractivity contribution in [2.24, 2.45) is 0 Å². The van der Waals surface area contributed by atoms with Crippen LogP contribution in [-0.4, -0.2) is 63.4 Å². The summed E-state index contributed by atoms with van der Waals surface area (Å²) in [6, 6.07) is 9.88. The van der Waals surface area contributed by atoms with E-state index < -0.39 is 0 Å². The molecule has 1 N–H and O–H groups in total. The molecular weight excluding hydrogens is 368 g/mol. The van der Waals surface area contributed by atoms with Gasteiger partial charge in [0.1, 0.15) is 5.69 Å². The molecule has 2 aromatic rings. The molecule has 142 valence electrons. The number of urea groups is 1. The van der Waals surface area contributed by atoms with Gasteiger partial charge in [0.25, 0.3) is 0 Å². The molecule has 0 spiro atoms. The van der Waals surface area contributed by atoms with E-state index in [0.717, 1.165) is 25.1 Å². The first-order valence-corrected chi connectivity index (χ1v) is 9.43. The van der Waals surface area contributed by atoms with Gasteiger partial charge in [-0.15, -0.1) is 10.2 Å². The van der Waals surface area contributed by atoms with E-state index in [1.165, 1.54) is 0 Å². The van der Waals surface area contributed by atoms with Crippen LogP contribution in [0.15, 0.2) is 30.3 Å². The first-order valence-electron chi connectivity index (χ1n) is 9.05. The second-order valence-electron chi connectivity index (χ2n) is 6.71. The SMILES string of the molecule is O=C1N(c2ccccc2)CCN1C1CCCN(c2nnc(CO)c(Cl)n2)C1. The van der Waals surface area contributed by atoms with Gasteiger partial charge in [0.05, 0.1) is 12.6 Å². The second kappa shape index (κ2) is 7.66. The van der Waals surface area contributed by atoms with Gasteiger partial charge in [0.15, 0.2) is 5.15 Å². The normalized spacial score (nSPS) is 20.4. The van der Waals surface area contributed by atoms with Crippen molar-refractivity contribution in [3.8, 4) is 0 Å². The topological polar surface area (TPSA) is 85.7 Å². The van der Waals surface area contributed by atoms with Crippen molar-refractivity contribution in [2.75, 3.05) is 36.0 Å². The van der Waals surface area contributed by atoms with E-state index in [-0.39, 0.29) is 29.5 Å². The number of piperidine rings is 1. The van der Waals surface area contributed by atoms with Gasteiger partial charge in [-0.05, 0) is 25.0 Å². The number of hydrogen-bond acceptors (Lipinski definition) is 6. The maximum atomic E-state index is 12.9. The minimum Gasteiger partial charge on any atom is -0.390 e. The third-order valence-corrected chi connectivity index (χ3v) is 5.38. The number of halogens is 1. The summed E-state index contributed by atoms with van der Waals surface area (Å²) >= 11 is 6.05. The zero-order valence-corrected chi connectivity index (χ0v) is 15.6. The van der Waals surface area contributed by atoms with Crippen molar-refractivity contribution in [3.63, 3.8) is 0 Å². The van der Waals surface area contributed by atoms with E-state index in [2.05, 4.69) is 15.2 Å². The van der Waals surface area contributed by atoms with Crippen LogP contribution in [-0.2, 0) is 6.61 Å². The largest absolute Gasteiger partial charge is 0.390 e. The highest BCUT2D eigenvalue weighted by Crippen LogP contribution is 2.26. The first kappa shape index (κ1) is 17.9. The Hall–Kier alpha value is -2.45. The molecule has 1 aromatic carbocycles. The van der Waals surface area contributed by atoms with Crippen molar-refractivity contribution >= 4 is 29.3 Å². The highest BCUT2D eigenvalue weighted by molar-refractivity contribution is 6.30. The fourth-order valence-corrected chi connectivity index (χ4v) is 3.86. The minimum atomic E-state index is -0.292. The van der Waals surface area contributed by atoms with Gasteiger partial charge in [0, 0.05) is 31.9 Å². The Kier molecular flexibility index (Phi) is 5.09. The molecule has 3 heterocycles. The van der Waals surface area contributed by atoms with Crippen LogP contribution in [0.25, 0.3) is 0 Å². The van der Waals surface area contributed by atoms with E-state index in [1.807, 2.05) is 45.0 Å². The molecule has 2 fully saturated rings. The zero-order chi connectivity index (χ0) is 18.8. The molecule has 1 unspecified atom stereocenters. The molecule has 2 saturated heterocycles. The molecule has 0 radical (unpaired) electrons. The molecule has 2 aliphatic rings. The van der Waals surface area contributed by atoms with Crippen molar-refractivity contribution in [1.82, 2.24) is 20.1 Å². The van der Waals surface area contributed by atoms with Gasteiger partial charge in [-0.1, -0.05) is 29.8 Å². The van der Waals surface area contributed by atoms with Crippen LogP contribution in [0.4, 0.5) is 16.4 Å². The van der Waals surface area contributed by atoms with Crippen LogP contribution < -0.4 is 9.80 Å². The van der Waals surface area contributed by atoms with Crippen molar-refractivity contribution in [3.05, 3.63) is 41.2 Å². The monoisotopic (exact) mass is 388 g/mol. The first-order chi connectivity index (χ1) is 13.2. The van der Waals surface area contributed by atoms with Crippen LogP contribution in [0.2, 0.25) is 5.15 Å². The predicted octanol–water partition coefficient (Wildman–Crippen LogP) is 1.93. The van der Waals surface area contributed by atoms with Crippen LogP contribution in [0.3, 0.4) is 0 Å². The van der Waals surface area contributed by atoms with Crippen molar-refractivity contribution in [2.45, 2.75) is 25.5 Å². The number of aliphatic hydroxyl groups excluding tert-OH is 1. The van der Waals surface area contributed by atoms with Crippen LogP contribution in [0.5, 0.6) is 0 Å². The molecular formula is C18H21ClN6O2. The number of aliphatic hydroxyl groups is 1. The third kappa shape index (κ3) is 3.54. The molecule has 2 aliphatic heterocycles. The van der Waals surface area contributed by atoms with E-state index in [0.29, 0.717) is 25.6 Å². The Morgan fingerprint density at radius 1 is 1.15 bits per heavy atom. The quantitative estimate of drug-likeness (QED) is 0.861. The average Bonchev–Trinajstić information content (AvgIpc) is 3.10. The molecule has 27 heavy (non-hydrogen) atoms. The third-order valence-electron chi connectivity index (χ3n) is 5.08. The second-order valence-corrected chi connectivity index (χ2v) is 7.07. The summed E-state index contributed by atoms with van der Waals surface area (Å²) in [6.45, 7) is 2.53. The zero-order valence-electron chi connectivity index (χ0n) is 14.8. The molecule has 4 rings (SSSR count). The molecule has 8 nitrogen and oxygen atoms in total.